The molecule has 0 aliphatic carbocycles. The summed E-state index contributed by atoms with van der Waals surface area (Å²) in [5.74, 6) is -1.15. The number of ketones is 1. The normalized spacial score (nSPS) is 9.92. The molecule has 0 saturated heterocycles. The van der Waals surface area contributed by atoms with E-state index in [-0.39, 0.29) is 18.6 Å². The second-order valence-corrected chi connectivity index (χ2v) is 2.72. The molecular weight excluding hydrogens is 172 g/mol. The number of hydrogen-bond donors (Lipinski definition) is 1. The van der Waals surface area contributed by atoms with Crippen LogP contribution in [0.3, 0.4) is 0 Å². The fraction of sp³-hybridized carbons (Fsp3) is 0.375. The third-order valence-electron chi connectivity index (χ3n) is 1.59. The Labute approximate surface area is 75.0 Å². The molecule has 1 rings (SSSR count). The van der Waals surface area contributed by atoms with Crippen LogP contribution in [0.5, 0.6) is 0 Å². The van der Waals surface area contributed by atoms with E-state index in [0.29, 0.717) is 5.56 Å². The Morgan fingerprint density at radius 2 is 2.23 bits per heavy atom. The van der Waals surface area contributed by atoms with Crippen LogP contribution in [0.2, 0.25) is 0 Å². The molecule has 0 aromatic carbocycles. The predicted molar refractivity (Wildman–Crippen MR) is 44.4 cm³/mol. The minimum atomic E-state index is -0.961. The lowest BCUT2D eigenvalue weighted by Crippen LogP contribution is -2.02. The number of hydrogen-bond acceptors (Lipinski definition) is 3. The third kappa shape index (κ3) is 2.70. The Morgan fingerprint density at radius 1 is 1.54 bits per heavy atom. The first kappa shape index (κ1) is 9.44. The van der Waals surface area contributed by atoms with Crippen molar-refractivity contribution in [2.45, 2.75) is 12.8 Å². The van der Waals surface area contributed by atoms with E-state index in [1.165, 1.54) is 10.9 Å². The third-order valence-corrected chi connectivity index (χ3v) is 1.59. The molecule has 0 amide bonds. The number of Topliss-reactive ketones (excluding diaryl/α,β-unsaturated/α-hetero) is 1. The van der Waals surface area contributed by atoms with Gasteiger partial charge < -0.3 is 5.11 Å². The Morgan fingerprint density at radius 3 is 2.69 bits per heavy atom. The molecular formula is C8H10N2O3. The lowest BCUT2D eigenvalue weighted by Gasteiger charge is -1.92. The van der Waals surface area contributed by atoms with Gasteiger partial charge in [-0.25, -0.2) is 0 Å². The predicted octanol–water partition coefficient (Wildman–Crippen LogP) is 0.468. The molecule has 0 atom stereocenters. The number of aliphatic carboxylic acids is 1. The van der Waals surface area contributed by atoms with Crippen molar-refractivity contribution < 1.29 is 14.7 Å². The van der Waals surface area contributed by atoms with Crippen molar-refractivity contribution in [3.8, 4) is 0 Å². The van der Waals surface area contributed by atoms with E-state index in [2.05, 4.69) is 5.10 Å². The topological polar surface area (TPSA) is 72.2 Å². The number of aromatic nitrogens is 2. The molecule has 0 unspecified atom stereocenters. The first-order valence-electron chi connectivity index (χ1n) is 3.83. The number of carbonyl (C=O) groups excluding carboxylic acids is 1. The molecule has 0 saturated carbocycles. The molecule has 70 valence electrons. The van der Waals surface area contributed by atoms with Gasteiger partial charge in [-0.1, -0.05) is 0 Å². The minimum absolute atomic E-state index is 0.0288. The van der Waals surface area contributed by atoms with Crippen LogP contribution in [0.25, 0.3) is 0 Å². The molecule has 0 radical (unpaired) electrons. The van der Waals surface area contributed by atoms with Crippen molar-refractivity contribution in [1.29, 1.82) is 0 Å². The summed E-state index contributed by atoms with van der Waals surface area (Å²) in [5, 5.41) is 12.2. The summed E-state index contributed by atoms with van der Waals surface area (Å²) in [5.41, 5.74) is 0.462. The maximum Gasteiger partial charge on any atom is 0.303 e. The highest BCUT2D eigenvalue weighted by Crippen LogP contribution is 2.03. The Kier molecular flexibility index (Phi) is 2.79. The largest absolute Gasteiger partial charge is 0.481 e. The van der Waals surface area contributed by atoms with Gasteiger partial charge in [0.1, 0.15) is 0 Å². The Bertz CT molecular complexity index is 330. The standard InChI is InChI=1S/C8H10N2O3/c1-10-5-6(4-9-10)7(11)2-3-8(12)13/h4-5H,2-3H2,1H3,(H,12,13). The molecule has 0 fully saturated rings. The molecule has 0 aliphatic rings. The minimum Gasteiger partial charge on any atom is -0.481 e. The average molecular weight is 182 g/mol. The molecule has 5 nitrogen and oxygen atoms in total. The molecule has 0 aliphatic heterocycles. The quantitative estimate of drug-likeness (QED) is 0.687. The van der Waals surface area contributed by atoms with E-state index >= 15 is 0 Å². The van der Waals surface area contributed by atoms with E-state index < -0.39 is 5.97 Å². The molecule has 1 aromatic heterocycles. The lowest BCUT2D eigenvalue weighted by molar-refractivity contribution is -0.136. The van der Waals surface area contributed by atoms with Gasteiger partial charge in [-0.15, -0.1) is 0 Å². The van der Waals surface area contributed by atoms with Crippen LogP contribution >= 0.6 is 0 Å². The van der Waals surface area contributed by atoms with E-state index in [9.17, 15) is 9.59 Å². The smallest absolute Gasteiger partial charge is 0.303 e. The second kappa shape index (κ2) is 3.84. The molecule has 1 heterocycles. The van der Waals surface area contributed by atoms with Crippen molar-refractivity contribution >= 4 is 11.8 Å². The van der Waals surface area contributed by atoms with Crippen molar-refractivity contribution in [2.75, 3.05) is 0 Å². The second-order valence-electron chi connectivity index (χ2n) is 2.72. The van der Waals surface area contributed by atoms with Crippen LogP contribution in [0.15, 0.2) is 12.4 Å². The van der Waals surface area contributed by atoms with Gasteiger partial charge in [-0.3, -0.25) is 14.3 Å². The molecule has 13 heavy (non-hydrogen) atoms. The number of carbonyl (C=O) groups is 2. The van der Waals surface area contributed by atoms with E-state index in [4.69, 9.17) is 5.11 Å². The molecule has 0 spiro atoms. The van der Waals surface area contributed by atoms with Crippen molar-refractivity contribution in [3.63, 3.8) is 0 Å². The van der Waals surface area contributed by atoms with Crippen LogP contribution < -0.4 is 0 Å². The zero-order chi connectivity index (χ0) is 9.84. The van der Waals surface area contributed by atoms with Crippen LogP contribution in [0.1, 0.15) is 23.2 Å². The van der Waals surface area contributed by atoms with Crippen molar-refractivity contribution in [3.05, 3.63) is 18.0 Å². The first-order chi connectivity index (χ1) is 6.09. The highest BCUT2D eigenvalue weighted by atomic mass is 16.4. The molecule has 1 N–H and O–H groups in total. The first-order valence-corrected chi connectivity index (χ1v) is 3.83. The van der Waals surface area contributed by atoms with Crippen LogP contribution in [-0.2, 0) is 11.8 Å². The van der Waals surface area contributed by atoms with E-state index in [1.54, 1.807) is 13.2 Å². The van der Waals surface area contributed by atoms with Crippen molar-refractivity contribution in [2.24, 2.45) is 7.05 Å². The fourth-order valence-electron chi connectivity index (χ4n) is 0.930. The fourth-order valence-corrected chi connectivity index (χ4v) is 0.930. The number of nitrogens with zero attached hydrogens (tertiary/aromatic N) is 2. The van der Waals surface area contributed by atoms with Crippen LogP contribution in [0.4, 0.5) is 0 Å². The van der Waals surface area contributed by atoms with Gasteiger partial charge in [-0.2, -0.15) is 5.10 Å². The molecule has 1 aromatic rings. The monoisotopic (exact) mass is 182 g/mol. The summed E-state index contributed by atoms with van der Waals surface area (Å²) in [7, 11) is 1.70. The highest BCUT2D eigenvalue weighted by molar-refractivity contribution is 5.96. The van der Waals surface area contributed by atoms with Gasteiger partial charge in [-0.05, 0) is 0 Å². The summed E-state index contributed by atoms with van der Waals surface area (Å²) in [6.07, 6.45) is 2.91. The van der Waals surface area contributed by atoms with E-state index in [1.807, 2.05) is 0 Å². The Hall–Kier alpha value is -1.65. The maximum absolute atomic E-state index is 11.2. The van der Waals surface area contributed by atoms with E-state index in [0.717, 1.165) is 0 Å². The van der Waals surface area contributed by atoms with Gasteiger partial charge in [0.05, 0.1) is 18.2 Å². The summed E-state index contributed by atoms with van der Waals surface area (Å²) in [4.78, 5) is 21.4. The summed E-state index contributed by atoms with van der Waals surface area (Å²) in [6.45, 7) is 0. The average Bonchev–Trinajstić information content (AvgIpc) is 2.47. The number of rotatable bonds is 4. The SMILES string of the molecule is Cn1cc(C(=O)CCC(=O)O)cn1. The lowest BCUT2D eigenvalue weighted by atomic mass is 10.1. The zero-order valence-electron chi connectivity index (χ0n) is 7.23. The number of aryl methyl sites for hydroxylation is 1. The van der Waals surface area contributed by atoms with Gasteiger partial charge in [0.2, 0.25) is 0 Å². The van der Waals surface area contributed by atoms with Gasteiger partial charge >= 0.3 is 5.97 Å². The van der Waals surface area contributed by atoms with Gasteiger partial charge in [0, 0.05) is 19.7 Å². The van der Waals surface area contributed by atoms with Crippen LogP contribution in [0, 0.1) is 0 Å². The summed E-state index contributed by atoms with van der Waals surface area (Å²) < 4.78 is 1.51. The van der Waals surface area contributed by atoms with Crippen LogP contribution in [-0.4, -0.2) is 26.6 Å². The zero-order valence-corrected chi connectivity index (χ0v) is 7.23. The number of carboxylic acids is 1. The van der Waals surface area contributed by atoms with Crippen molar-refractivity contribution in [1.82, 2.24) is 9.78 Å². The summed E-state index contributed by atoms with van der Waals surface area (Å²) in [6, 6.07) is 0. The highest BCUT2D eigenvalue weighted by Gasteiger charge is 2.09. The molecule has 0 bridgehead atoms. The number of carboxylic acid groups (broad SMARTS) is 1. The van der Waals surface area contributed by atoms with Gasteiger partial charge in [0.15, 0.2) is 5.78 Å². The maximum atomic E-state index is 11.2. The van der Waals surface area contributed by atoms with Gasteiger partial charge in [0.25, 0.3) is 0 Å². The Balaban J connectivity index is 2.54. The summed E-state index contributed by atoms with van der Waals surface area (Å²) >= 11 is 0. The molecule has 5 heteroatoms.